The van der Waals surface area contributed by atoms with Crippen LogP contribution in [0.2, 0.25) is 0 Å². The molecule has 2 heterocycles. The molecule has 3 amide bonds. The number of hydrogen-bond donors (Lipinski definition) is 0. The fourth-order valence-electron chi connectivity index (χ4n) is 3.75. The average Bonchev–Trinajstić information content (AvgIpc) is 2.96. The summed E-state index contributed by atoms with van der Waals surface area (Å²) in [6.07, 6.45) is 3.87. The van der Waals surface area contributed by atoms with Gasteiger partial charge in [0.25, 0.3) is 17.7 Å². The molecule has 2 aliphatic heterocycles. The highest BCUT2D eigenvalue weighted by atomic mass is 16.5. The molecule has 144 valence electrons. The molecule has 1 aromatic carbocycles. The zero-order valence-corrected chi connectivity index (χ0v) is 15.6. The molecule has 2 atom stereocenters. The van der Waals surface area contributed by atoms with E-state index in [4.69, 9.17) is 4.74 Å². The number of likely N-dealkylation sites (tertiary alicyclic amines) is 1. The summed E-state index contributed by atoms with van der Waals surface area (Å²) in [5.41, 5.74) is 0.551. The number of esters is 1. The highest BCUT2D eigenvalue weighted by Gasteiger charge is 2.41. The lowest BCUT2D eigenvalue weighted by Crippen LogP contribution is -2.47. The van der Waals surface area contributed by atoms with Crippen molar-refractivity contribution >= 4 is 23.7 Å². The molecule has 7 heteroatoms. The molecule has 0 spiro atoms. The van der Waals surface area contributed by atoms with Crippen molar-refractivity contribution in [2.45, 2.75) is 51.6 Å². The highest BCUT2D eigenvalue weighted by molar-refractivity contribution is 6.22. The van der Waals surface area contributed by atoms with Crippen molar-refractivity contribution in [1.29, 1.82) is 0 Å². The lowest BCUT2D eigenvalue weighted by Gasteiger charge is -2.35. The van der Waals surface area contributed by atoms with E-state index in [1.807, 2.05) is 6.92 Å². The summed E-state index contributed by atoms with van der Waals surface area (Å²) >= 11 is 0. The minimum Gasteiger partial charge on any atom is -0.454 e. The minimum atomic E-state index is -1.09. The Morgan fingerprint density at radius 2 is 1.78 bits per heavy atom. The van der Waals surface area contributed by atoms with Crippen molar-refractivity contribution in [3.8, 4) is 0 Å². The van der Waals surface area contributed by atoms with Crippen molar-refractivity contribution in [3.63, 3.8) is 0 Å². The standard InChI is InChI=1S/C20H24N2O5/c1-3-14-8-6-7-11-21(14)17(23)12-27-20(26)13(2)22-18(24)15-9-4-5-10-16(15)19(22)25/h4-5,9-10,13-14H,3,6-8,11-12H2,1-2H3/t13-,14+/m1/s1. The summed E-state index contributed by atoms with van der Waals surface area (Å²) < 4.78 is 5.14. The zero-order valence-electron chi connectivity index (χ0n) is 15.6. The summed E-state index contributed by atoms with van der Waals surface area (Å²) in [6.45, 7) is 3.77. The third-order valence-corrected chi connectivity index (χ3v) is 5.31. The molecule has 0 bridgehead atoms. The lowest BCUT2D eigenvalue weighted by atomic mass is 10.00. The second-order valence-corrected chi connectivity index (χ2v) is 6.95. The number of benzene rings is 1. The molecule has 1 fully saturated rings. The lowest BCUT2D eigenvalue weighted by molar-refractivity contribution is -0.156. The molecular weight excluding hydrogens is 348 g/mol. The number of carbonyl (C=O) groups is 4. The van der Waals surface area contributed by atoms with Crippen LogP contribution in [0.5, 0.6) is 0 Å². The summed E-state index contributed by atoms with van der Waals surface area (Å²) in [7, 11) is 0. The smallest absolute Gasteiger partial charge is 0.329 e. The van der Waals surface area contributed by atoms with E-state index in [1.54, 1.807) is 29.2 Å². The van der Waals surface area contributed by atoms with Crippen LogP contribution in [-0.2, 0) is 14.3 Å². The van der Waals surface area contributed by atoms with Gasteiger partial charge in [0.05, 0.1) is 11.1 Å². The van der Waals surface area contributed by atoms with E-state index >= 15 is 0 Å². The van der Waals surface area contributed by atoms with Crippen LogP contribution in [0.1, 0.15) is 60.2 Å². The first-order valence-electron chi connectivity index (χ1n) is 9.38. The van der Waals surface area contributed by atoms with E-state index in [9.17, 15) is 19.2 Å². The number of rotatable bonds is 5. The van der Waals surface area contributed by atoms with Gasteiger partial charge in [-0.3, -0.25) is 19.3 Å². The Morgan fingerprint density at radius 1 is 1.15 bits per heavy atom. The van der Waals surface area contributed by atoms with Gasteiger partial charge in [0, 0.05) is 12.6 Å². The van der Waals surface area contributed by atoms with Gasteiger partial charge in [-0.25, -0.2) is 4.79 Å². The van der Waals surface area contributed by atoms with Crippen LogP contribution < -0.4 is 0 Å². The van der Waals surface area contributed by atoms with Gasteiger partial charge in [-0.05, 0) is 44.7 Å². The number of imide groups is 1. The summed E-state index contributed by atoms with van der Waals surface area (Å²) in [6, 6.07) is 5.53. The van der Waals surface area contributed by atoms with Crippen molar-refractivity contribution in [2.24, 2.45) is 0 Å². The van der Waals surface area contributed by atoms with E-state index in [0.29, 0.717) is 6.54 Å². The number of fused-ring (bicyclic) bond motifs is 1. The van der Waals surface area contributed by atoms with Crippen molar-refractivity contribution < 1.29 is 23.9 Å². The normalized spacial score (nSPS) is 20.4. The number of nitrogens with zero attached hydrogens (tertiary/aromatic N) is 2. The summed E-state index contributed by atoms with van der Waals surface area (Å²) in [5.74, 6) is -2.03. The van der Waals surface area contributed by atoms with Gasteiger partial charge < -0.3 is 9.64 Å². The molecule has 0 unspecified atom stereocenters. The first-order valence-corrected chi connectivity index (χ1v) is 9.38. The van der Waals surface area contributed by atoms with Crippen LogP contribution >= 0.6 is 0 Å². The van der Waals surface area contributed by atoms with Crippen LogP contribution in [0.25, 0.3) is 0 Å². The van der Waals surface area contributed by atoms with Gasteiger partial charge in [-0.15, -0.1) is 0 Å². The summed E-state index contributed by atoms with van der Waals surface area (Å²) in [5, 5.41) is 0. The van der Waals surface area contributed by atoms with Gasteiger partial charge in [0.2, 0.25) is 0 Å². The molecule has 0 saturated carbocycles. The van der Waals surface area contributed by atoms with Crippen molar-refractivity contribution in [1.82, 2.24) is 9.80 Å². The molecule has 0 aliphatic carbocycles. The molecule has 0 aromatic heterocycles. The Hall–Kier alpha value is -2.70. The van der Waals surface area contributed by atoms with E-state index in [0.717, 1.165) is 30.6 Å². The van der Waals surface area contributed by atoms with Crippen LogP contribution in [0.3, 0.4) is 0 Å². The van der Waals surface area contributed by atoms with Crippen LogP contribution in [0.4, 0.5) is 0 Å². The monoisotopic (exact) mass is 372 g/mol. The first kappa shape index (κ1) is 19.1. The van der Waals surface area contributed by atoms with Crippen molar-refractivity contribution in [3.05, 3.63) is 35.4 Å². The van der Waals surface area contributed by atoms with Gasteiger partial charge >= 0.3 is 5.97 Å². The van der Waals surface area contributed by atoms with Crippen LogP contribution in [-0.4, -0.2) is 58.7 Å². The van der Waals surface area contributed by atoms with Crippen molar-refractivity contribution in [2.75, 3.05) is 13.2 Å². The Kier molecular flexibility index (Phi) is 5.58. The Labute approximate surface area is 158 Å². The molecule has 1 aromatic rings. The Morgan fingerprint density at radius 3 is 2.37 bits per heavy atom. The zero-order chi connectivity index (χ0) is 19.6. The number of ether oxygens (including phenoxy) is 1. The molecule has 3 rings (SSSR count). The average molecular weight is 372 g/mol. The van der Waals surface area contributed by atoms with Gasteiger partial charge in [-0.2, -0.15) is 0 Å². The second kappa shape index (κ2) is 7.90. The van der Waals surface area contributed by atoms with E-state index in [1.165, 1.54) is 6.92 Å². The highest BCUT2D eigenvalue weighted by Crippen LogP contribution is 2.25. The maximum atomic E-state index is 12.4. The number of carbonyl (C=O) groups excluding carboxylic acids is 4. The van der Waals surface area contributed by atoms with Gasteiger partial charge in [0.1, 0.15) is 6.04 Å². The molecule has 27 heavy (non-hydrogen) atoms. The Bertz CT molecular complexity index is 740. The predicted molar refractivity (Wildman–Crippen MR) is 97.0 cm³/mol. The molecular formula is C20H24N2O5. The quantitative estimate of drug-likeness (QED) is 0.583. The minimum absolute atomic E-state index is 0.179. The van der Waals surface area contributed by atoms with E-state index in [2.05, 4.69) is 0 Å². The third-order valence-electron chi connectivity index (χ3n) is 5.31. The SMILES string of the molecule is CC[C@H]1CCCCN1C(=O)COC(=O)[C@@H](C)N1C(=O)c2ccccc2C1=O. The Balaban J connectivity index is 1.61. The predicted octanol–water partition coefficient (Wildman–Crippen LogP) is 2.01. The molecule has 0 radical (unpaired) electrons. The maximum Gasteiger partial charge on any atom is 0.329 e. The first-order chi connectivity index (χ1) is 13.0. The summed E-state index contributed by atoms with van der Waals surface area (Å²) in [4.78, 5) is 52.3. The fraction of sp³-hybridized carbons (Fsp3) is 0.500. The van der Waals surface area contributed by atoms with Crippen LogP contribution in [0, 0.1) is 0 Å². The number of hydrogen-bond acceptors (Lipinski definition) is 5. The molecule has 2 aliphatic rings. The molecule has 1 saturated heterocycles. The topological polar surface area (TPSA) is 84.0 Å². The number of piperidine rings is 1. The van der Waals surface area contributed by atoms with Gasteiger partial charge in [-0.1, -0.05) is 19.1 Å². The fourth-order valence-corrected chi connectivity index (χ4v) is 3.75. The van der Waals surface area contributed by atoms with Gasteiger partial charge in [0.15, 0.2) is 6.61 Å². The van der Waals surface area contributed by atoms with E-state index < -0.39 is 23.8 Å². The molecule has 0 N–H and O–H groups in total. The second-order valence-electron chi connectivity index (χ2n) is 6.95. The number of amides is 3. The van der Waals surface area contributed by atoms with E-state index in [-0.39, 0.29) is 29.7 Å². The van der Waals surface area contributed by atoms with Crippen LogP contribution in [0.15, 0.2) is 24.3 Å². The third kappa shape index (κ3) is 3.59. The maximum absolute atomic E-state index is 12.4. The largest absolute Gasteiger partial charge is 0.454 e. The molecule has 7 nitrogen and oxygen atoms in total.